The van der Waals surface area contributed by atoms with Crippen LogP contribution < -0.4 is 74.8 Å². The van der Waals surface area contributed by atoms with E-state index in [4.69, 9.17) is 5.73 Å². The monoisotopic (exact) mass is 1400 g/mol. The van der Waals surface area contributed by atoms with Gasteiger partial charge in [-0.2, -0.15) is 12.6 Å². The van der Waals surface area contributed by atoms with Crippen LogP contribution in [0.4, 0.5) is 0 Å². The largest absolute Gasteiger partial charge is 0.394 e. The van der Waals surface area contributed by atoms with Crippen molar-refractivity contribution in [2.75, 3.05) is 49.4 Å². The highest BCUT2D eigenvalue weighted by Crippen LogP contribution is 2.29. The maximum absolute atomic E-state index is 15.3. The summed E-state index contributed by atoms with van der Waals surface area (Å²) >= 11 is 6.11. The molecular formula is C66H93N13O15S3. The normalized spacial score (nSPS) is 23.3. The first-order valence-corrected chi connectivity index (χ1v) is 35.1. The summed E-state index contributed by atoms with van der Waals surface area (Å²) in [6.07, 6.45) is -2.62. The Kier molecular flexibility index (Phi) is 30.5. The molecule has 31 heteroatoms. The lowest BCUT2D eigenvalue weighted by Crippen LogP contribution is -2.71. The number of aliphatic hydroxyl groups excluding tert-OH is 4. The number of nitrogens with two attached hydrogens (primary N) is 1. The molecule has 530 valence electrons. The molecule has 14 atom stereocenters. The van der Waals surface area contributed by atoms with Crippen molar-refractivity contribution in [2.24, 2.45) is 10.7 Å². The molecule has 3 heterocycles. The number of rotatable bonds is 30. The van der Waals surface area contributed by atoms with Crippen molar-refractivity contribution in [2.45, 2.75) is 175 Å². The molecule has 6 rings (SSSR count). The van der Waals surface area contributed by atoms with Gasteiger partial charge in [0.1, 0.15) is 48.3 Å². The third kappa shape index (κ3) is 22.3. The summed E-state index contributed by atoms with van der Waals surface area (Å²) in [6, 6.07) is 10.5. The number of aliphatic hydroxyl groups is 4. The summed E-state index contributed by atoms with van der Waals surface area (Å²) in [5, 5.41) is 73.1. The number of carbonyl (C=O) groups is 11. The Balaban J connectivity index is 1.39. The number of piperidine rings is 1. The average molecular weight is 1400 g/mol. The number of nitrogens with one attached hydrogen (secondary N) is 11. The number of unbranched alkanes of at least 4 members (excludes halogenated alkanes) is 1. The van der Waals surface area contributed by atoms with Crippen molar-refractivity contribution in [3.8, 4) is 0 Å². The summed E-state index contributed by atoms with van der Waals surface area (Å²) in [6.45, 7) is 7.11. The van der Waals surface area contributed by atoms with Gasteiger partial charge < -0.3 is 74.0 Å². The molecule has 17 N–H and O–H groups in total. The van der Waals surface area contributed by atoms with Gasteiger partial charge in [-0.15, -0.1) is 23.5 Å². The quantitative estimate of drug-likeness (QED) is 0.0223. The molecule has 0 aromatic heterocycles. The molecule has 2 bridgehead atoms. The molecule has 2 fully saturated rings. The van der Waals surface area contributed by atoms with Gasteiger partial charge in [0, 0.05) is 41.6 Å². The number of para-hydroxylation sites is 1. The van der Waals surface area contributed by atoms with E-state index in [0.29, 0.717) is 40.1 Å². The van der Waals surface area contributed by atoms with Gasteiger partial charge in [-0.25, -0.2) is 0 Å². The Morgan fingerprint density at radius 3 is 1.97 bits per heavy atom. The lowest BCUT2D eigenvalue weighted by Gasteiger charge is -2.40. The lowest BCUT2D eigenvalue weighted by atomic mass is 9.87. The molecule has 0 aliphatic carbocycles. The zero-order valence-electron chi connectivity index (χ0n) is 55.3. The van der Waals surface area contributed by atoms with Crippen LogP contribution in [-0.2, 0) is 65.6 Å². The second-order valence-electron chi connectivity index (χ2n) is 25.0. The van der Waals surface area contributed by atoms with Crippen LogP contribution in [0.3, 0.4) is 0 Å². The fourth-order valence-electron chi connectivity index (χ4n) is 11.2. The molecule has 97 heavy (non-hydrogen) atoms. The zero-order chi connectivity index (χ0) is 71.1. The highest BCUT2D eigenvalue weighted by atomic mass is 32.2. The topological polar surface area (TPSA) is 439 Å². The highest BCUT2D eigenvalue weighted by molar-refractivity contribution is 8.16. The molecule has 3 aromatic rings. The van der Waals surface area contributed by atoms with E-state index in [-0.39, 0.29) is 61.8 Å². The van der Waals surface area contributed by atoms with Crippen LogP contribution in [0.25, 0.3) is 5.57 Å². The minimum absolute atomic E-state index is 0.0125. The van der Waals surface area contributed by atoms with E-state index >= 15 is 14.4 Å². The van der Waals surface area contributed by atoms with Crippen LogP contribution in [0, 0.1) is 0 Å². The number of amides is 9. The summed E-state index contributed by atoms with van der Waals surface area (Å²) in [5.74, 6) is -9.00. The van der Waals surface area contributed by atoms with E-state index in [2.05, 4.69) is 76.1 Å². The number of thioether (sulfide) groups is 2. The number of nitrogens with zero attached hydrogens (tertiary/aromatic N) is 1. The van der Waals surface area contributed by atoms with Crippen LogP contribution in [0.2, 0.25) is 0 Å². The summed E-state index contributed by atoms with van der Waals surface area (Å²) < 4.78 is 0. The number of ketones is 2. The molecule has 10 unspecified atom stereocenters. The van der Waals surface area contributed by atoms with Gasteiger partial charge in [0.15, 0.2) is 11.6 Å². The number of thiol groups is 1. The fourth-order valence-corrected chi connectivity index (χ4v) is 14.1. The Labute approximate surface area is 577 Å². The van der Waals surface area contributed by atoms with Gasteiger partial charge in [-0.1, -0.05) is 85.8 Å². The molecular weight excluding hydrogens is 1310 g/mol. The second-order valence-corrected chi connectivity index (χ2v) is 27.9. The molecule has 2 saturated heterocycles. The minimum Gasteiger partial charge on any atom is -0.394 e. The molecule has 0 radical (unpaired) electrons. The SMILES string of the molecule is CCC(C)(NCC(=O)C(C)(C)N[C@H](Cc1ccccc1)C(=O)NC1CSCSC2[C@H](O)C(NC(=O)C(CCCCN)NC(=O)C(CC3=c4ccccc4=NC3)NC(=O)C(Cc3ccccc3)NC1=O)C(=O)N[C@@H]2C(=O)NC(CO)[C@@H](C)O)C(=O)C(CO)NC(=O)C(CS)NC(C)=O. The van der Waals surface area contributed by atoms with Crippen molar-refractivity contribution >= 4 is 106 Å². The van der Waals surface area contributed by atoms with Crippen molar-refractivity contribution in [1.29, 1.82) is 0 Å². The van der Waals surface area contributed by atoms with Crippen molar-refractivity contribution < 1.29 is 73.2 Å². The van der Waals surface area contributed by atoms with Crippen molar-refractivity contribution in [1.82, 2.24) is 58.5 Å². The van der Waals surface area contributed by atoms with Gasteiger partial charge in [-0.05, 0) is 89.1 Å². The first-order valence-electron chi connectivity index (χ1n) is 32.3. The molecule has 0 saturated carbocycles. The maximum Gasteiger partial charge on any atom is 0.246 e. The molecule has 3 aliphatic heterocycles. The van der Waals surface area contributed by atoms with E-state index in [9.17, 15) is 58.8 Å². The van der Waals surface area contributed by atoms with Gasteiger partial charge >= 0.3 is 0 Å². The summed E-state index contributed by atoms with van der Waals surface area (Å²) in [7, 11) is 0. The standard InChI is InChI=1S/C66H93N13O15S3/c1-7-66(6,56(86)48(32-81)75-61(91)49(33-95)70-37(3)83)69-30-51(84)65(4,5)79-46(27-39-20-12-9-13-21-39)60(90)76-50-34-96-35-97-55-53(64(94)74-47(31-80)36(2)82)78-63(93)52(54(55)85)77-57(87)43(24-16-17-25-67)71-59(89)45(28-40-29-68-42-23-15-14-22-41(40)42)73-58(88)44(72-62(50)92)26-38-18-10-8-11-19-38/h8-15,18-23,36,43-50,52-55,69,79-82,85,95H,7,16-17,24-35,67H2,1-6H3,(H,70,83)(H,71,89)(H,72,92)(H,73,88)(H,74,94)(H,75,91)(H,76,90)(H,77,87)(H,78,93)/t36-,43?,44?,45?,46-,47?,48?,49?,50?,52?,53+,54-,55?,66?/m1/s1. The first-order chi connectivity index (χ1) is 46.2. The third-order valence-electron chi connectivity index (χ3n) is 17.3. The number of carbonyl (C=O) groups excluding carboxylic acids is 11. The van der Waals surface area contributed by atoms with Crippen LogP contribution in [0.15, 0.2) is 89.9 Å². The summed E-state index contributed by atoms with van der Waals surface area (Å²) in [5.41, 5.74) is 4.63. The predicted octanol–water partition coefficient (Wildman–Crippen LogP) is -4.03. The number of Topliss-reactive ketones (excluding diaryl/α,β-unsaturated/α-hetero) is 2. The molecule has 0 spiro atoms. The predicted molar refractivity (Wildman–Crippen MR) is 368 cm³/mol. The fraction of sp³-hybridized carbons (Fsp3) is 0.545. The van der Waals surface area contributed by atoms with E-state index in [1.807, 2.05) is 6.07 Å². The Bertz CT molecular complexity index is 3390. The Hall–Kier alpha value is -7.33. The number of hydrogen-bond acceptors (Lipinski definition) is 22. The van der Waals surface area contributed by atoms with Crippen molar-refractivity contribution in [3.05, 3.63) is 107 Å². The number of hydrogen-bond donors (Lipinski definition) is 17. The smallest absolute Gasteiger partial charge is 0.246 e. The van der Waals surface area contributed by atoms with Crippen LogP contribution in [0.1, 0.15) is 84.8 Å². The molecule has 3 aromatic carbocycles. The average Bonchev–Trinajstić information content (AvgIpc) is 1.50. The van der Waals surface area contributed by atoms with E-state index in [1.165, 1.54) is 34.6 Å². The van der Waals surface area contributed by atoms with Gasteiger partial charge in [0.05, 0.1) is 72.3 Å². The third-order valence-corrected chi connectivity index (χ3v) is 20.3. The van der Waals surface area contributed by atoms with E-state index in [1.54, 1.807) is 85.8 Å². The highest BCUT2D eigenvalue weighted by Gasteiger charge is 2.49. The van der Waals surface area contributed by atoms with E-state index < -0.39 is 173 Å². The summed E-state index contributed by atoms with van der Waals surface area (Å²) in [4.78, 5) is 162. The lowest BCUT2D eigenvalue weighted by molar-refractivity contribution is -0.140. The van der Waals surface area contributed by atoms with Crippen LogP contribution >= 0.6 is 36.2 Å². The number of benzene rings is 3. The Morgan fingerprint density at radius 1 is 0.732 bits per heavy atom. The van der Waals surface area contributed by atoms with Gasteiger partial charge in [0.25, 0.3) is 0 Å². The van der Waals surface area contributed by atoms with Gasteiger partial charge in [0.2, 0.25) is 53.2 Å². The first kappa shape index (κ1) is 78.7. The second kappa shape index (κ2) is 37.6. The minimum atomic E-state index is -1.83. The Morgan fingerprint density at radius 2 is 1.35 bits per heavy atom. The van der Waals surface area contributed by atoms with Gasteiger partial charge in [-0.3, -0.25) is 68.4 Å². The zero-order valence-corrected chi connectivity index (χ0v) is 57.8. The van der Waals surface area contributed by atoms with Crippen molar-refractivity contribution in [3.63, 3.8) is 0 Å². The molecule has 9 amide bonds. The van der Waals surface area contributed by atoms with Crippen LogP contribution in [0.5, 0.6) is 0 Å². The van der Waals surface area contributed by atoms with E-state index in [0.717, 1.165) is 23.5 Å². The number of fused-ring (bicyclic) bond motifs is 3. The molecule has 3 aliphatic rings. The van der Waals surface area contributed by atoms with Crippen LogP contribution in [-0.4, -0.2) is 224 Å². The maximum atomic E-state index is 15.3. The molecule has 28 nitrogen and oxygen atoms in total.